The molecule has 2 heteroatoms. The van der Waals surface area contributed by atoms with E-state index >= 15 is 0 Å². The second kappa shape index (κ2) is 3.63. The van der Waals surface area contributed by atoms with Crippen LogP contribution in [0.15, 0.2) is 12.1 Å². The van der Waals surface area contributed by atoms with Crippen LogP contribution in [-0.4, -0.2) is 13.2 Å². The summed E-state index contributed by atoms with van der Waals surface area (Å²) in [5, 5.41) is 3.36. The quantitative estimate of drug-likeness (QED) is 0.715. The van der Waals surface area contributed by atoms with E-state index in [0.717, 1.165) is 18.7 Å². The Hall–Kier alpha value is -1.62. The molecule has 1 aliphatic heterocycles. The lowest BCUT2D eigenvalue weighted by atomic mass is 10.1. The van der Waals surface area contributed by atoms with Gasteiger partial charge in [0.05, 0.1) is 0 Å². The van der Waals surface area contributed by atoms with Crippen LogP contribution in [0.1, 0.15) is 11.1 Å². The zero-order valence-corrected chi connectivity index (χ0v) is 8.26. The largest absolute Gasteiger partial charge is 0.481 e. The molecule has 0 fully saturated rings. The highest BCUT2D eigenvalue weighted by Crippen LogP contribution is 2.30. The van der Waals surface area contributed by atoms with Crippen molar-refractivity contribution in [1.29, 1.82) is 0 Å². The Balaban J connectivity index is 2.28. The van der Waals surface area contributed by atoms with Gasteiger partial charge in [0.15, 0.2) is 0 Å². The minimum Gasteiger partial charge on any atom is -0.481 e. The summed E-state index contributed by atoms with van der Waals surface area (Å²) in [5.41, 5.74) is 3.82. The van der Waals surface area contributed by atoms with Gasteiger partial charge >= 0.3 is 0 Å². The molecule has 1 aromatic rings. The minimum atomic E-state index is 0.339. The first-order chi connectivity index (χ1) is 6.81. The van der Waals surface area contributed by atoms with Crippen molar-refractivity contribution in [2.24, 2.45) is 0 Å². The van der Waals surface area contributed by atoms with E-state index in [4.69, 9.17) is 11.2 Å². The zero-order valence-electron chi connectivity index (χ0n) is 8.26. The van der Waals surface area contributed by atoms with Crippen LogP contribution in [0.25, 0.3) is 0 Å². The summed E-state index contributed by atoms with van der Waals surface area (Å²) in [4.78, 5) is 0. The second-order valence-corrected chi connectivity index (χ2v) is 3.44. The number of fused-ring (bicyclic) bond motifs is 1. The molecule has 1 aliphatic rings. The fourth-order valence-electron chi connectivity index (χ4n) is 1.80. The van der Waals surface area contributed by atoms with Crippen molar-refractivity contribution >= 4 is 5.69 Å². The normalized spacial score (nSPS) is 12.9. The highest BCUT2D eigenvalue weighted by molar-refractivity contribution is 5.63. The molecule has 0 bridgehead atoms. The standard InChI is InChI=1S/C12H13NO/c1-3-6-14-11-7-9(2)12-10(8-11)4-5-13-12/h1,7-8,13H,4-6H2,2H3. The molecule has 0 aromatic heterocycles. The number of aryl methyl sites for hydroxylation is 1. The summed E-state index contributed by atoms with van der Waals surface area (Å²) < 4.78 is 5.40. The summed E-state index contributed by atoms with van der Waals surface area (Å²) in [5.74, 6) is 3.34. The molecule has 0 saturated heterocycles. The van der Waals surface area contributed by atoms with E-state index in [-0.39, 0.29) is 0 Å². The Morgan fingerprint density at radius 1 is 1.57 bits per heavy atom. The summed E-state index contributed by atoms with van der Waals surface area (Å²) in [6, 6.07) is 4.09. The van der Waals surface area contributed by atoms with E-state index in [1.807, 2.05) is 6.07 Å². The fourth-order valence-corrected chi connectivity index (χ4v) is 1.80. The van der Waals surface area contributed by atoms with Gasteiger partial charge < -0.3 is 10.1 Å². The molecule has 0 spiro atoms. The summed E-state index contributed by atoms with van der Waals surface area (Å²) >= 11 is 0. The first-order valence-corrected chi connectivity index (χ1v) is 4.75. The number of hydrogen-bond donors (Lipinski definition) is 1. The van der Waals surface area contributed by atoms with Crippen LogP contribution in [0.3, 0.4) is 0 Å². The lowest BCUT2D eigenvalue weighted by Gasteiger charge is -2.08. The molecule has 0 radical (unpaired) electrons. The van der Waals surface area contributed by atoms with Crippen molar-refractivity contribution in [1.82, 2.24) is 0 Å². The third-order valence-electron chi connectivity index (χ3n) is 2.41. The van der Waals surface area contributed by atoms with Crippen molar-refractivity contribution in [3.8, 4) is 18.1 Å². The first kappa shape index (κ1) is 8.96. The molecule has 0 unspecified atom stereocenters. The van der Waals surface area contributed by atoms with Gasteiger partial charge in [-0.1, -0.05) is 5.92 Å². The van der Waals surface area contributed by atoms with Gasteiger partial charge in [-0.15, -0.1) is 6.42 Å². The molecular weight excluding hydrogens is 174 g/mol. The Bertz CT molecular complexity index is 390. The van der Waals surface area contributed by atoms with E-state index in [1.165, 1.54) is 16.8 Å². The van der Waals surface area contributed by atoms with Crippen LogP contribution in [-0.2, 0) is 6.42 Å². The van der Waals surface area contributed by atoms with Gasteiger partial charge in [-0.3, -0.25) is 0 Å². The van der Waals surface area contributed by atoms with Crippen molar-refractivity contribution in [2.75, 3.05) is 18.5 Å². The number of anilines is 1. The average molecular weight is 187 g/mol. The number of rotatable bonds is 2. The third kappa shape index (κ3) is 1.54. The summed E-state index contributed by atoms with van der Waals surface area (Å²) in [7, 11) is 0. The molecule has 1 aromatic carbocycles. The number of benzene rings is 1. The highest BCUT2D eigenvalue weighted by atomic mass is 16.5. The lowest BCUT2D eigenvalue weighted by Crippen LogP contribution is -1.96. The second-order valence-electron chi connectivity index (χ2n) is 3.44. The Morgan fingerprint density at radius 3 is 3.21 bits per heavy atom. The molecule has 0 atom stereocenters. The van der Waals surface area contributed by atoms with E-state index < -0.39 is 0 Å². The number of terminal acetylenes is 1. The summed E-state index contributed by atoms with van der Waals surface area (Å²) in [6.07, 6.45) is 6.21. The van der Waals surface area contributed by atoms with E-state index in [2.05, 4.69) is 24.2 Å². The average Bonchev–Trinajstić information content (AvgIpc) is 2.63. The van der Waals surface area contributed by atoms with Crippen LogP contribution in [0.4, 0.5) is 5.69 Å². The smallest absolute Gasteiger partial charge is 0.148 e. The van der Waals surface area contributed by atoms with Gasteiger partial charge in [0.1, 0.15) is 12.4 Å². The van der Waals surface area contributed by atoms with Gasteiger partial charge in [-0.05, 0) is 36.6 Å². The van der Waals surface area contributed by atoms with Crippen LogP contribution in [0, 0.1) is 19.3 Å². The molecular formula is C12H13NO. The van der Waals surface area contributed by atoms with E-state index in [9.17, 15) is 0 Å². The number of ether oxygens (including phenoxy) is 1. The van der Waals surface area contributed by atoms with Gasteiger partial charge in [0, 0.05) is 12.2 Å². The Labute approximate surface area is 84.3 Å². The van der Waals surface area contributed by atoms with Crippen molar-refractivity contribution in [3.63, 3.8) is 0 Å². The van der Waals surface area contributed by atoms with Crippen LogP contribution >= 0.6 is 0 Å². The Kier molecular flexibility index (Phi) is 2.32. The number of hydrogen-bond acceptors (Lipinski definition) is 2. The maximum atomic E-state index is 5.40. The Morgan fingerprint density at radius 2 is 2.43 bits per heavy atom. The van der Waals surface area contributed by atoms with Gasteiger partial charge in [-0.25, -0.2) is 0 Å². The van der Waals surface area contributed by atoms with Crippen LogP contribution < -0.4 is 10.1 Å². The third-order valence-corrected chi connectivity index (χ3v) is 2.41. The molecule has 2 nitrogen and oxygen atoms in total. The molecule has 2 rings (SSSR count). The molecule has 0 saturated carbocycles. The van der Waals surface area contributed by atoms with Gasteiger partial charge in [-0.2, -0.15) is 0 Å². The maximum absolute atomic E-state index is 5.40. The molecule has 1 heterocycles. The molecule has 14 heavy (non-hydrogen) atoms. The SMILES string of the molecule is C#CCOc1cc(C)c2c(c1)CCN2. The van der Waals surface area contributed by atoms with E-state index in [1.54, 1.807) is 0 Å². The lowest BCUT2D eigenvalue weighted by molar-refractivity contribution is 0.370. The van der Waals surface area contributed by atoms with Crippen LogP contribution in [0.2, 0.25) is 0 Å². The van der Waals surface area contributed by atoms with Gasteiger partial charge in [0.25, 0.3) is 0 Å². The van der Waals surface area contributed by atoms with E-state index in [0.29, 0.717) is 6.61 Å². The molecule has 0 amide bonds. The molecule has 0 aliphatic carbocycles. The monoisotopic (exact) mass is 187 g/mol. The predicted octanol–water partition coefficient (Wildman–Crippen LogP) is 1.98. The summed E-state index contributed by atoms with van der Waals surface area (Å²) in [6.45, 7) is 3.44. The fraction of sp³-hybridized carbons (Fsp3) is 0.333. The van der Waals surface area contributed by atoms with Crippen molar-refractivity contribution in [3.05, 3.63) is 23.3 Å². The van der Waals surface area contributed by atoms with Crippen molar-refractivity contribution < 1.29 is 4.74 Å². The topological polar surface area (TPSA) is 21.3 Å². The maximum Gasteiger partial charge on any atom is 0.148 e. The minimum absolute atomic E-state index is 0.339. The first-order valence-electron chi connectivity index (χ1n) is 4.75. The zero-order chi connectivity index (χ0) is 9.97. The van der Waals surface area contributed by atoms with Crippen molar-refractivity contribution in [2.45, 2.75) is 13.3 Å². The molecule has 72 valence electrons. The predicted molar refractivity (Wildman–Crippen MR) is 57.7 cm³/mol. The molecule has 1 N–H and O–H groups in total. The number of nitrogens with one attached hydrogen (secondary N) is 1. The van der Waals surface area contributed by atoms with Crippen LogP contribution in [0.5, 0.6) is 5.75 Å². The highest BCUT2D eigenvalue weighted by Gasteiger charge is 2.13. The van der Waals surface area contributed by atoms with Gasteiger partial charge in [0.2, 0.25) is 0 Å².